The van der Waals surface area contributed by atoms with Gasteiger partial charge in [0.05, 0.1) is 12.1 Å². The predicted octanol–water partition coefficient (Wildman–Crippen LogP) is 3.72. The fourth-order valence-corrected chi connectivity index (χ4v) is 3.92. The number of aliphatic carboxylic acids is 1. The zero-order valence-corrected chi connectivity index (χ0v) is 23.1. The van der Waals surface area contributed by atoms with E-state index < -0.39 is 54.0 Å². The monoisotopic (exact) mass is 589 g/mol. The summed E-state index contributed by atoms with van der Waals surface area (Å²) in [5.74, 6) is -3.48. The highest BCUT2D eigenvalue weighted by molar-refractivity contribution is 6.30. The van der Waals surface area contributed by atoms with Crippen molar-refractivity contribution in [2.75, 3.05) is 0 Å². The van der Waals surface area contributed by atoms with Crippen LogP contribution in [-0.4, -0.2) is 62.8 Å². The lowest BCUT2D eigenvalue weighted by atomic mass is 9.97. The number of aromatic amines is 1. The summed E-state index contributed by atoms with van der Waals surface area (Å²) in [6, 6.07) is 8.67. The molecule has 3 aromatic rings. The Balaban J connectivity index is 1.75. The maximum absolute atomic E-state index is 14.3. The van der Waals surface area contributed by atoms with E-state index in [1.165, 1.54) is 31.3 Å². The highest BCUT2D eigenvalue weighted by atomic mass is 35.5. The summed E-state index contributed by atoms with van der Waals surface area (Å²) in [6.07, 6.45) is -1.29. The van der Waals surface area contributed by atoms with E-state index >= 15 is 0 Å². The van der Waals surface area contributed by atoms with Gasteiger partial charge in [0.15, 0.2) is 0 Å². The lowest BCUT2D eigenvalue weighted by molar-refractivity contribution is -0.169. The number of carboxylic acids is 1. The Kier molecular flexibility index (Phi) is 10.8. The summed E-state index contributed by atoms with van der Waals surface area (Å²) in [7, 11) is 0. The first kappa shape index (κ1) is 31.0. The maximum Gasteiger partial charge on any atom is 0.410 e. The number of benzene rings is 2. The molecule has 0 fully saturated rings. The Morgan fingerprint density at radius 2 is 1.76 bits per heavy atom. The first-order chi connectivity index (χ1) is 19.4. The average Bonchev–Trinajstić information content (AvgIpc) is 3.45. The number of hydrogen-bond acceptors (Lipinski definition) is 8. The summed E-state index contributed by atoms with van der Waals surface area (Å²) >= 11 is 6.00. The molecule has 218 valence electrons. The van der Waals surface area contributed by atoms with Crippen molar-refractivity contribution in [1.29, 1.82) is 0 Å². The topological polar surface area (TPSA) is 173 Å². The Labute approximate surface area is 239 Å². The van der Waals surface area contributed by atoms with Gasteiger partial charge in [-0.2, -0.15) is 0 Å². The Morgan fingerprint density at radius 3 is 2.37 bits per heavy atom. The van der Waals surface area contributed by atoms with Crippen molar-refractivity contribution in [2.24, 2.45) is 5.92 Å². The number of esters is 1. The lowest BCUT2D eigenvalue weighted by Crippen LogP contribution is -2.48. The fraction of sp³-hybridized carbons (Fsp3) is 0.333. The molecule has 41 heavy (non-hydrogen) atoms. The van der Waals surface area contributed by atoms with Gasteiger partial charge in [0.25, 0.3) is 5.91 Å². The quantitative estimate of drug-likeness (QED) is 0.181. The molecule has 4 N–H and O–H groups in total. The van der Waals surface area contributed by atoms with Gasteiger partial charge in [-0.25, -0.2) is 14.0 Å². The average molecular weight is 590 g/mol. The molecule has 0 bridgehead atoms. The van der Waals surface area contributed by atoms with Gasteiger partial charge in [-0.15, -0.1) is 5.10 Å². The zero-order chi connectivity index (χ0) is 30.1. The van der Waals surface area contributed by atoms with E-state index in [1.54, 1.807) is 38.1 Å². The number of halogens is 2. The third kappa shape index (κ3) is 9.28. The summed E-state index contributed by atoms with van der Waals surface area (Å²) in [5.41, 5.74) is 1.60. The van der Waals surface area contributed by atoms with E-state index in [2.05, 4.69) is 26.0 Å². The van der Waals surface area contributed by atoms with Crippen LogP contribution in [0.4, 0.5) is 9.18 Å². The standard InChI is InChI=1S/C27H29ClFN5O7/c1-14(2)26(38)40-15(3)41-27(39)32-22(25(36)37)12-19(31-24(35)23-13-30-34-33-23)10-16-4-6-17(7-5-16)20-11-18(28)8-9-21(20)29/h4-9,11,13-15,19,22H,10,12H2,1-3H3,(H,31,35)(H,32,39)(H,36,37)(H,30,33,34)/t15?,19-,22-/m1/s1. The minimum atomic E-state index is -1.49. The molecule has 1 unspecified atom stereocenters. The second-order valence-corrected chi connectivity index (χ2v) is 9.84. The van der Waals surface area contributed by atoms with Gasteiger partial charge in [0.2, 0.25) is 6.29 Å². The Hall–Kier alpha value is -4.52. The van der Waals surface area contributed by atoms with Crippen molar-refractivity contribution in [2.45, 2.75) is 52.0 Å². The van der Waals surface area contributed by atoms with Crippen LogP contribution in [0.3, 0.4) is 0 Å². The number of hydrogen-bond donors (Lipinski definition) is 4. The number of aromatic nitrogens is 3. The predicted molar refractivity (Wildman–Crippen MR) is 144 cm³/mol. The highest BCUT2D eigenvalue weighted by Crippen LogP contribution is 2.26. The molecule has 3 rings (SSSR count). The van der Waals surface area contributed by atoms with Crippen LogP contribution < -0.4 is 10.6 Å². The highest BCUT2D eigenvalue weighted by Gasteiger charge is 2.28. The molecule has 12 nitrogen and oxygen atoms in total. The molecule has 0 saturated heterocycles. The molecule has 2 aromatic carbocycles. The van der Waals surface area contributed by atoms with Gasteiger partial charge >= 0.3 is 18.0 Å². The molecular formula is C27H29ClFN5O7. The first-order valence-electron chi connectivity index (χ1n) is 12.5. The van der Waals surface area contributed by atoms with Gasteiger partial charge in [-0.3, -0.25) is 14.7 Å². The molecule has 0 saturated carbocycles. The van der Waals surface area contributed by atoms with Crippen molar-refractivity contribution >= 4 is 35.5 Å². The Morgan fingerprint density at radius 1 is 1.05 bits per heavy atom. The number of nitrogens with zero attached hydrogens (tertiary/aromatic N) is 2. The number of carbonyl (C=O) groups is 4. The van der Waals surface area contributed by atoms with Crippen LogP contribution in [0.2, 0.25) is 5.02 Å². The molecule has 0 aliphatic heterocycles. The molecule has 0 aliphatic carbocycles. The molecule has 1 aromatic heterocycles. The maximum atomic E-state index is 14.3. The minimum Gasteiger partial charge on any atom is -0.480 e. The van der Waals surface area contributed by atoms with E-state index in [0.717, 1.165) is 0 Å². The van der Waals surface area contributed by atoms with E-state index in [9.17, 15) is 28.7 Å². The number of ether oxygens (including phenoxy) is 2. The largest absolute Gasteiger partial charge is 0.480 e. The number of rotatable bonds is 12. The van der Waals surface area contributed by atoms with Crippen molar-refractivity contribution in [1.82, 2.24) is 26.0 Å². The number of amides is 2. The fourth-order valence-electron chi connectivity index (χ4n) is 3.74. The second kappa shape index (κ2) is 14.2. The van der Waals surface area contributed by atoms with E-state index in [-0.39, 0.29) is 18.5 Å². The second-order valence-electron chi connectivity index (χ2n) is 9.40. The third-order valence-electron chi connectivity index (χ3n) is 5.81. The molecule has 0 radical (unpaired) electrons. The zero-order valence-electron chi connectivity index (χ0n) is 22.4. The number of nitrogens with one attached hydrogen (secondary N) is 3. The minimum absolute atomic E-state index is 0.0433. The smallest absolute Gasteiger partial charge is 0.410 e. The Bertz CT molecular complexity index is 1370. The SMILES string of the molecule is CC(OC(=O)N[C@H](C[C@@H](Cc1ccc(-c2cc(Cl)ccc2F)cc1)NC(=O)c1cnn[nH]1)C(=O)O)OC(=O)C(C)C. The van der Waals surface area contributed by atoms with Crippen molar-refractivity contribution < 1.29 is 38.1 Å². The van der Waals surface area contributed by atoms with Gasteiger partial charge < -0.3 is 25.2 Å². The molecule has 3 atom stereocenters. The van der Waals surface area contributed by atoms with Crippen LogP contribution in [-0.2, 0) is 25.5 Å². The van der Waals surface area contributed by atoms with Crippen molar-refractivity contribution in [3.63, 3.8) is 0 Å². The number of H-pyrrole nitrogens is 1. The van der Waals surface area contributed by atoms with Crippen LogP contribution in [0.5, 0.6) is 0 Å². The van der Waals surface area contributed by atoms with E-state index in [0.29, 0.717) is 21.7 Å². The summed E-state index contributed by atoms with van der Waals surface area (Å²) < 4.78 is 24.2. The number of carboxylic acid groups (broad SMARTS) is 1. The van der Waals surface area contributed by atoms with Crippen LogP contribution in [0.25, 0.3) is 11.1 Å². The molecule has 1 heterocycles. The third-order valence-corrected chi connectivity index (χ3v) is 6.04. The number of alkyl carbamates (subject to hydrolysis) is 1. The van der Waals surface area contributed by atoms with Crippen molar-refractivity contribution in [3.8, 4) is 11.1 Å². The molecule has 14 heteroatoms. The van der Waals surface area contributed by atoms with Gasteiger partial charge in [-0.1, -0.05) is 54.9 Å². The van der Waals surface area contributed by atoms with Gasteiger partial charge in [0.1, 0.15) is 17.6 Å². The van der Waals surface area contributed by atoms with Crippen molar-refractivity contribution in [3.05, 3.63) is 70.8 Å². The van der Waals surface area contributed by atoms with E-state index in [4.69, 9.17) is 21.1 Å². The lowest BCUT2D eigenvalue weighted by Gasteiger charge is -2.24. The molecular weight excluding hydrogens is 561 g/mol. The molecule has 2 amide bonds. The molecule has 0 aliphatic rings. The first-order valence-corrected chi connectivity index (χ1v) is 12.9. The number of carbonyl (C=O) groups excluding carboxylic acids is 3. The summed E-state index contributed by atoms with van der Waals surface area (Å²) in [5, 5.41) is 24.6. The van der Waals surface area contributed by atoms with Crippen LogP contribution in [0.15, 0.2) is 48.7 Å². The van der Waals surface area contributed by atoms with E-state index in [1.807, 2.05) is 0 Å². The summed E-state index contributed by atoms with van der Waals surface area (Å²) in [4.78, 5) is 48.8. The van der Waals surface area contributed by atoms with Gasteiger partial charge in [-0.05, 0) is 42.2 Å². The van der Waals surface area contributed by atoms with Crippen LogP contribution in [0.1, 0.15) is 43.2 Å². The van der Waals surface area contributed by atoms with Gasteiger partial charge in [0, 0.05) is 23.6 Å². The van der Waals surface area contributed by atoms with Crippen LogP contribution in [0, 0.1) is 11.7 Å². The van der Waals surface area contributed by atoms with Crippen LogP contribution >= 0.6 is 11.6 Å². The molecule has 0 spiro atoms. The normalized spacial score (nSPS) is 13.1. The summed E-state index contributed by atoms with van der Waals surface area (Å²) in [6.45, 7) is 4.52.